The van der Waals surface area contributed by atoms with Crippen molar-refractivity contribution in [3.05, 3.63) is 66.7 Å². The Morgan fingerprint density at radius 1 is 1.00 bits per heavy atom. The van der Waals surface area contributed by atoms with Crippen molar-refractivity contribution in [1.29, 1.82) is 0 Å². The Hall–Kier alpha value is -3.62. The second-order valence-electron chi connectivity index (χ2n) is 5.88. The van der Waals surface area contributed by atoms with Gasteiger partial charge in [-0.1, -0.05) is 18.2 Å². The van der Waals surface area contributed by atoms with E-state index >= 15 is 0 Å². The van der Waals surface area contributed by atoms with Gasteiger partial charge in [0.25, 0.3) is 0 Å². The highest BCUT2D eigenvalue weighted by molar-refractivity contribution is 5.67. The molecule has 0 radical (unpaired) electrons. The van der Waals surface area contributed by atoms with E-state index in [0.717, 1.165) is 5.69 Å². The number of para-hydroxylation sites is 1. The molecule has 0 bridgehead atoms. The number of halogens is 3. The number of benzene rings is 1. The van der Waals surface area contributed by atoms with E-state index < -0.39 is 11.9 Å². The molecule has 0 aliphatic carbocycles. The van der Waals surface area contributed by atoms with Gasteiger partial charge in [0, 0.05) is 5.69 Å². The predicted octanol–water partition coefficient (Wildman–Crippen LogP) is 4.56. The minimum Gasteiger partial charge on any atom is -0.495 e. The van der Waals surface area contributed by atoms with Gasteiger partial charge in [-0.2, -0.15) is 13.2 Å². The van der Waals surface area contributed by atoms with Crippen molar-refractivity contribution in [3.63, 3.8) is 0 Å². The zero-order valence-electron chi connectivity index (χ0n) is 14.6. The molecule has 28 heavy (non-hydrogen) atoms. The summed E-state index contributed by atoms with van der Waals surface area (Å²) in [5.74, 6) is 0.709. The zero-order valence-corrected chi connectivity index (χ0v) is 14.6. The third-order valence-corrected chi connectivity index (χ3v) is 4.02. The summed E-state index contributed by atoms with van der Waals surface area (Å²) in [6.07, 6.45) is -0.507. The molecule has 0 atom stereocenters. The Balaban J connectivity index is 1.87. The van der Waals surface area contributed by atoms with Crippen molar-refractivity contribution < 1.29 is 17.9 Å². The lowest BCUT2D eigenvalue weighted by Gasteiger charge is -2.10. The SMILES string of the molecule is COc1ccc2nc(C(F)(F)F)c(-c3cncc(Nc4ccccc4)n3)n2c1. The van der Waals surface area contributed by atoms with Crippen molar-refractivity contribution in [3.8, 4) is 17.1 Å². The maximum absolute atomic E-state index is 13.6. The average molecular weight is 385 g/mol. The van der Waals surface area contributed by atoms with Gasteiger partial charge in [0.1, 0.15) is 28.6 Å². The summed E-state index contributed by atoms with van der Waals surface area (Å²) in [6.45, 7) is 0. The number of aromatic nitrogens is 4. The van der Waals surface area contributed by atoms with Crippen LogP contribution in [-0.4, -0.2) is 26.5 Å². The van der Waals surface area contributed by atoms with E-state index in [-0.39, 0.29) is 17.0 Å². The van der Waals surface area contributed by atoms with Crippen LogP contribution in [0.1, 0.15) is 5.69 Å². The van der Waals surface area contributed by atoms with Gasteiger partial charge < -0.3 is 10.1 Å². The van der Waals surface area contributed by atoms with Gasteiger partial charge >= 0.3 is 6.18 Å². The molecule has 0 spiro atoms. The van der Waals surface area contributed by atoms with E-state index in [4.69, 9.17) is 4.74 Å². The summed E-state index contributed by atoms with van der Waals surface area (Å²) < 4.78 is 47.3. The number of fused-ring (bicyclic) bond motifs is 1. The third kappa shape index (κ3) is 3.34. The fourth-order valence-corrected chi connectivity index (χ4v) is 2.80. The maximum Gasteiger partial charge on any atom is 0.435 e. The monoisotopic (exact) mass is 385 g/mol. The molecule has 6 nitrogen and oxygen atoms in total. The Morgan fingerprint density at radius 2 is 1.79 bits per heavy atom. The lowest BCUT2D eigenvalue weighted by Crippen LogP contribution is -2.09. The number of hydrogen-bond donors (Lipinski definition) is 1. The normalized spacial score (nSPS) is 11.6. The molecular weight excluding hydrogens is 371 g/mol. The molecule has 0 saturated carbocycles. The van der Waals surface area contributed by atoms with Gasteiger partial charge in [-0.05, 0) is 24.3 Å². The Morgan fingerprint density at radius 3 is 2.50 bits per heavy atom. The predicted molar refractivity (Wildman–Crippen MR) is 97.5 cm³/mol. The van der Waals surface area contributed by atoms with Crippen LogP contribution in [0.3, 0.4) is 0 Å². The molecule has 4 rings (SSSR count). The second kappa shape index (κ2) is 6.84. The minimum absolute atomic E-state index is 0.0361. The lowest BCUT2D eigenvalue weighted by atomic mass is 10.2. The molecule has 0 amide bonds. The molecule has 4 aromatic rings. The Kier molecular flexibility index (Phi) is 4.34. The number of imidazole rings is 1. The topological polar surface area (TPSA) is 64.3 Å². The van der Waals surface area contributed by atoms with Crippen molar-refractivity contribution in [1.82, 2.24) is 19.4 Å². The smallest absolute Gasteiger partial charge is 0.435 e. The van der Waals surface area contributed by atoms with Crippen LogP contribution in [0.25, 0.3) is 17.0 Å². The van der Waals surface area contributed by atoms with Crippen LogP contribution in [-0.2, 0) is 6.18 Å². The van der Waals surface area contributed by atoms with Crippen LogP contribution < -0.4 is 10.1 Å². The summed E-state index contributed by atoms with van der Waals surface area (Å²) in [6, 6.07) is 12.1. The first-order valence-electron chi connectivity index (χ1n) is 8.23. The van der Waals surface area contributed by atoms with Crippen LogP contribution in [0.15, 0.2) is 61.1 Å². The lowest BCUT2D eigenvalue weighted by molar-refractivity contribution is -0.140. The molecule has 1 aromatic carbocycles. The summed E-state index contributed by atoms with van der Waals surface area (Å²) in [5, 5.41) is 3.03. The van der Waals surface area contributed by atoms with Crippen molar-refractivity contribution in [2.24, 2.45) is 0 Å². The largest absolute Gasteiger partial charge is 0.495 e. The Labute approximate surface area is 157 Å². The first-order valence-corrected chi connectivity index (χ1v) is 8.23. The highest BCUT2D eigenvalue weighted by atomic mass is 19.4. The number of rotatable bonds is 4. The molecule has 3 heterocycles. The number of nitrogens with one attached hydrogen (secondary N) is 1. The van der Waals surface area contributed by atoms with E-state index in [1.165, 1.54) is 36.2 Å². The van der Waals surface area contributed by atoms with Gasteiger partial charge in [-0.15, -0.1) is 0 Å². The number of alkyl halides is 3. The molecule has 3 aromatic heterocycles. The van der Waals surface area contributed by atoms with Gasteiger partial charge in [-0.3, -0.25) is 9.38 Å². The van der Waals surface area contributed by atoms with E-state index in [9.17, 15) is 13.2 Å². The van der Waals surface area contributed by atoms with Crippen LogP contribution in [0.2, 0.25) is 0 Å². The van der Waals surface area contributed by atoms with Crippen molar-refractivity contribution in [2.75, 3.05) is 12.4 Å². The van der Waals surface area contributed by atoms with E-state index in [0.29, 0.717) is 11.6 Å². The molecular formula is C19H14F3N5O. The van der Waals surface area contributed by atoms with Gasteiger partial charge in [0.05, 0.1) is 25.7 Å². The van der Waals surface area contributed by atoms with Crippen LogP contribution in [0, 0.1) is 0 Å². The zero-order chi connectivity index (χ0) is 19.7. The Bertz CT molecular complexity index is 1130. The van der Waals surface area contributed by atoms with Gasteiger partial charge in [0.15, 0.2) is 5.69 Å². The van der Waals surface area contributed by atoms with E-state index in [1.807, 2.05) is 30.3 Å². The number of anilines is 2. The molecule has 1 N–H and O–H groups in total. The van der Waals surface area contributed by atoms with Crippen LogP contribution in [0.4, 0.5) is 24.7 Å². The van der Waals surface area contributed by atoms with Gasteiger partial charge in [0.2, 0.25) is 0 Å². The van der Waals surface area contributed by atoms with E-state index in [2.05, 4.69) is 20.3 Å². The van der Waals surface area contributed by atoms with Crippen molar-refractivity contribution in [2.45, 2.75) is 6.18 Å². The highest BCUT2D eigenvalue weighted by Gasteiger charge is 2.39. The molecule has 0 fully saturated rings. The summed E-state index contributed by atoms with van der Waals surface area (Å²) in [4.78, 5) is 12.1. The number of nitrogens with zero attached hydrogens (tertiary/aromatic N) is 4. The second-order valence-corrected chi connectivity index (χ2v) is 5.88. The molecule has 0 unspecified atom stereocenters. The standard InChI is InChI=1S/C19H14F3N5O/c1-28-13-7-8-16-26-18(19(20,21)22)17(27(16)11-13)14-9-23-10-15(25-14)24-12-5-3-2-4-6-12/h2-11H,1H3,(H,24,25). The summed E-state index contributed by atoms with van der Waals surface area (Å²) >= 11 is 0. The highest BCUT2D eigenvalue weighted by Crippen LogP contribution is 2.37. The quantitative estimate of drug-likeness (QED) is 0.558. The molecule has 0 aliphatic rings. The first-order chi connectivity index (χ1) is 13.5. The fraction of sp³-hybridized carbons (Fsp3) is 0.105. The number of pyridine rings is 1. The summed E-state index contributed by atoms with van der Waals surface area (Å²) in [5.41, 5.74) is -0.331. The third-order valence-electron chi connectivity index (χ3n) is 4.02. The average Bonchev–Trinajstić information content (AvgIpc) is 3.08. The minimum atomic E-state index is -4.65. The number of ether oxygens (including phenoxy) is 1. The van der Waals surface area contributed by atoms with Crippen molar-refractivity contribution >= 4 is 17.2 Å². The summed E-state index contributed by atoms with van der Waals surface area (Å²) in [7, 11) is 1.44. The molecule has 0 saturated heterocycles. The van der Waals surface area contributed by atoms with E-state index in [1.54, 1.807) is 6.07 Å². The van der Waals surface area contributed by atoms with Crippen LogP contribution in [0.5, 0.6) is 5.75 Å². The van der Waals surface area contributed by atoms with Crippen LogP contribution >= 0.6 is 0 Å². The molecule has 142 valence electrons. The fourth-order valence-electron chi connectivity index (χ4n) is 2.80. The first kappa shape index (κ1) is 17.8. The maximum atomic E-state index is 13.6. The molecule has 0 aliphatic heterocycles. The van der Waals surface area contributed by atoms with Gasteiger partial charge in [-0.25, -0.2) is 9.97 Å². The number of methoxy groups -OCH3 is 1. The number of hydrogen-bond acceptors (Lipinski definition) is 5. The molecule has 9 heteroatoms.